The molecule has 1 N–H and O–H groups in total. The molecule has 4 aromatic carbocycles. The van der Waals surface area contributed by atoms with Crippen LogP contribution in [0.4, 0.5) is 0 Å². The molecule has 0 heterocycles. The Morgan fingerprint density at radius 1 is 0.567 bits per heavy atom. The van der Waals surface area contributed by atoms with Crippen LogP contribution in [0.2, 0.25) is 0 Å². The highest BCUT2D eigenvalue weighted by Crippen LogP contribution is 2.30. The summed E-state index contributed by atoms with van der Waals surface area (Å²) < 4.78 is 29.9. The smallest absolute Gasteiger partial charge is 0.282 e. The lowest BCUT2D eigenvalue weighted by molar-refractivity contribution is 0.482. The van der Waals surface area contributed by atoms with E-state index in [2.05, 4.69) is 91.0 Å². The van der Waals surface area contributed by atoms with Gasteiger partial charge >= 0.3 is 0 Å². The Hall–Kier alpha value is -2.86. The Morgan fingerprint density at radius 3 is 1.20 bits per heavy atom. The Kier molecular flexibility index (Phi) is 7.46. The van der Waals surface area contributed by atoms with Gasteiger partial charge in [-0.3, -0.25) is 4.55 Å². The van der Waals surface area contributed by atoms with Gasteiger partial charge in [0.05, 0.1) is 15.8 Å². The average Bonchev–Trinajstić information content (AvgIpc) is 2.76. The van der Waals surface area contributed by atoms with Crippen LogP contribution in [0.5, 0.6) is 0 Å². The van der Waals surface area contributed by atoms with Gasteiger partial charge in [-0.25, -0.2) is 0 Å². The van der Waals surface area contributed by atoms with Gasteiger partial charge < -0.3 is 0 Å². The molecule has 0 aliphatic heterocycles. The molecule has 0 amide bonds. The van der Waals surface area contributed by atoms with E-state index in [0.717, 1.165) is 0 Å². The monoisotopic (exact) mass is 435 g/mol. The predicted octanol–water partition coefficient (Wildman–Crippen LogP) is 6.02. The fourth-order valence-corrected chi connectivity index (χ4v) is 5.75. The van der Waals surface area contributed by atoms with Crippen LogP contribution >= 0.6 is 0 Å². The first-order valence-electron chi connectivity index (χ1n) is 9.39. The molecule has 0 bridgehead atoms. The van der Waals surface area contributed by atoms with Crippen molar-refractivity contribution in [1.29, 1.82) is 0 Å². The normalized spacial score (nSPS) is 10.9. The summed E-state index contributed by atoms with van der Waals surface area (Å²) >= 11 is 0. The quantitative estimate of drug-likeness (QED) is 0.315. The number of aryl methyl sites for hydroxylation is 1. The summed E-state index contributed by atoms with van der Waals surface area (Å²) in [5.41, 5.74) is 0.551. The van der Waals surface area contributed by atoms with Gasteiger partial charge in [0.1, 0.15) is 0 Å². The molecule has 0 atom stereocenters. The summed E-state index contributed by atoms with van der Waals surface area (Å²) in [6.45, 7) is 1.63. The van der Waals surface area contributed by atoms with Gasteiger partial charge in [0, 0.05) is 0 Å². The molecule has 5 heteroatoms. The van der Waals surface area contributed by atoms with Crippen molar-refractivity contribution in [2.24, 2.45) is 0 Å². The average molecular weight is 436 g/mol. The molecule has 4 rings (SSSR count). The molecule has 0 aromatic heterocycles. The van der Waals surface area contributed by atoms with Gasteiger partial charge in [-0.05, 0) is 55.0 Å². The number of hydrogen-bond donors (Lipinski definition) is 1. The Bertz CT molecular complexity index is 1070. The summed E-state index contributed by atoms with van der Waals surface area (Å²) in [5.74, 6) is 0. The minimum absolute atomic E-state index is 0.0146. The zero-order valence-corrected chi connectivity index (χ0v) is 18.2. The van der Waals surface area contributed by atoms with Gasteiger partial charge in [0.2, 0.25) is 0 Å². The predicted molar refractivity (Wildman–Crippen MR) is 122 cm³/mol. The van der Waals surface area contributed by atoms with E-state index in [-0.39, 0.29) is 15.8 Å². The lowest BCUT2D eigenvalue weighted by Gasteiger charge is -2.07. The standard InChI is InChI=1S/C18H15S.C7H8O3S/c1-4-10-16(11-5-1)19(17-12-6-2-7-13-17)18-14-8-3-9-15-18;1-6-4-2-3-5-7(6)11(8,9)10/h1-15H;2-5H,1H3,(H,8,9,10)/q+1;. The molecule has 3 nitrogen and oxygen atoms in total. The van der Waals surface area contributed by atoms with Crippen LogP contribution < -0.4 is 0 Å². The Labute approximate surface area is 181 Å². The van der Waals surface area contributed by atoms with E-state index in [1.54, 1.807) is 25.1 Å². The molecule has 0 fully saturated rings. The number of benzene rings is 4. The first-order chi connectivity index (χ1) is 14.5. The lowest BCUT2D eigenvalue weighted by atomic mass is 10.2. The zero-order valence-electron chi connectivity index (χ0n) is 16.5. The summed E-state index contributed by atoms with van der Waals surface area (Å²) in [6, 6.07) is 38.4. The first kappa shape index (κ1) is 21.8. The fraction of sp³-hybridized carbons (Fsp3) is 0.0400. The summed E-state index contributed by atoms with van der Waals surface area (Å²) in [4.78, 5) is 4.06. The maximum absolute atomic E-state index is 10.6. The topological polar surface area (TPSA) is 54.4 Å². The van der Waals surface area contributed by atoms with Crippen LogP contribution in [0.15, 0.2) is 135 Å². The van der Waals surface area contributed by atoms with Crippen molar-refractivity contribution in [3.63, 3.8) is 0 Å². The zero-order chi connectivity index (χ0) is 21.4. The highest BCUT2D eigenvalue weighted by Gasteiger charge is 2.27. The molecular formula is C25H23O3S2+. The van der Waals surface area contributed by atoms with Gasteiger partial charge in [0.15, 0.2) is 14.7 Å². The molecule has 0 aliphatic rings. The molecule has 0 spiro atoms. The van der Waals surface area contributed by atoms with Gasteiger partial charge in [0.25, 0.3) is 10.1 Å². The van der Waals surface area contributed by atoms with Crippen LogP contribution in [0.3, 0.4) is 0 Å². The molecule has 30 heavy (non-hydrogen) atoms. The van der Waals surface area contributed by atoms with Crippen LogP contribution in [0.25, 0.3) is 0 Å². The lowest BCUT2D eigenvalue weighted by Crippen LogP contribution is -2.04. The van der Waals surface area contributed by atoms with Crippen molar-refractivity contribution in [1.82, 2.24) is 0 Å². The van der Waals surface area contributed by atoms with Crippen LogP contribution in [0, 0.1) is 6.92 Å². The van der Waals surface area contributed by atoms with Crippen molar-refractivity contribution in [2.75, 3.05) is 0 Å². The van der Waals surface area contributed by atoms with Crippen molar-refractivity contribution in [3.05, 3.63) is 121 Å². The van der Waals surface area contributed by atoms with E-state index in [4.69, 9.17) is 4.55 Å². The van der Waals surface area contributed by atoms with Crippen LogP contribution in [-0.2, 0) is 21.0 Å². The molecule has 152 valence electrons. The second-order valence-corrected chi connectivity index (χ2v) is 9.90. The van der Waals surface area contributed by atoms with Crippen molar-refractivity contribution in [2.45, 2.75) is 26.5 Å². The Balaban J connectivity index is 0.000000199. The fourth-order valence-electron chi connectivity index (χ4n) is 2.92. The molecular weight excluding hydrogens is 412 g/mol. The molecule has 0 radical (unpaired) electrons. The van der Waals surface area contributed by atoms with E-state index < -0.39 is 10.1 Å². The van der Waals surface area contributed by atoms with Gasteiger partial charge in [-0.15, -0.1) is 0 Å². The molecule has 0 saturated carbocycles. The van der Waals surface area contributed by atoms with E-state index in [0.29, 0.717) is 5.56 Å². The minimum atomic E-state index is -4.03. The first-order valence-corrected chi connectivity index (χ1v) is 12.1. The largest absolute Gasteiger partial charge is 0.294 e. The maximum atomic E-state index is 10.6. The van der Waals surface area contributed by atoms with E-state index in [1.165, 1.54) is 20.8 Å². The van der Waals surface area contributed by atoms with Crippen molar-refractivity contribution >= 4 is 21.0 Å². The molecule has 0 aliphatic carbocycles. The highest BCUT2D eigenvalue weighted by molar-refractivity contribution is 7.97. The van der Waals surface area contributed by atoms with E-state index in [1.807, 2.05) is 0 Å². The second kappa shape index (κ2) is 10.3. The van der Waals surface area contributed by atoms with E-state index in [9.17, 15) is 8.42 Å². The molecule has 0 saturated heterocycles. The molecule has 4 aromatic rings. The Morgan fingerprint density at radius 2 is 0.900 bits per heavy atom. The van der Waals surface area contributed by atoms with Crippen LogP contribution in [0.1, 0.15) is 5.56 Å². The summed E-state index contributed by atoms with van der Waals surface area (Å²) in [7, 11) is -4.05. The number of hydrogen-bond acceptors (Lipinski definition) is 2. The third-order valence-corrected chi connectivity index (χ3v) is 7.55. The third kappa shape index (κ3) is 5.83. The van der Waals surface area contributed by atoms with Crippen molar-refractivity contribution < 1.29 is 13.0 Å². The summed E-state index contributed by atoms with van der Waals surface area (Å²) in [5, 5.41) is 0. The third-order valence-electron chi connectivity index (χ3n) is 4.31. The van der Waals surface area contributed by atoms with Gasteiger partial charge in [-0.1, -0.05) is 72.8 Å². The van der Waals surface area contributed by atoms with Gasteiger partial charge in [-0.2, -0.15) is 8.42 Å². The van der Waals surface area contributed by atoms with E-state index >= 15 is 0 Å². The highest BCUT2D eigenvalue weighted by atomic mass is 32.2. The van der Waals surface area contributed by atoms with Crippen molar-refractivity contribution in [3.8, 4) is 0 Å². The molecule has 0 unspecified atom stereocenters. The summed E-state index contributed by atoms with van der Waals surface area (Å²) in [6.07, 6.45) is 0. The van der Waals surface area contributed by atoms with Crippen LogP contribution in [-0.4, -0.2) is 13.0 Å². The minimum Gasteiger partial charge on any atom is -0.282 e. The maximum Gasteiger partial charge on any atom is 0.294 e. The second-order valence-electron chi connectivity index (χ2n) is 6.49. The SMILES string of the molecule is Cc1ccccc1S(=O)(=O)O.c1ccc([S+](c2ccccc2)c2ccccc2)cc1. The number of rotatable bonds is 4.